The third-order valence-electron chi connectivity index (χ3n) is 3.63. The summed E-state index contributed by atoms with van der Waals surface area (Å²) in [5.74, 6) is 2.58. The SMILES string of the molecule is Cc1nc(C#N)cc([C@@H]2C[C@H]3C=C[C@H]2C3)n1. The Morgan fingerprint density at radius 3 is 2.81 bits per heavy atom. The quantitative estimate of drug-likeness (QED) is 0.670. The van der Waals surface area contributed by atoms with E-state index in [-0.39, 0.29) is 0 Å². The lowest BCUT2D eigenvalue weighted by atomic mass is 9.90. The van der Waals surface area contributed by atoms with Crippen LogP contribution in [-0.4, -0.2) is 9.97 Å². The number of nitrogens with zero attached hydrogens (tertiary/aromatic N) is 3. The minimum absolute atomic E-state index is 0.495. The highest BCUT2D eigenvalue weighted by molar-refractivity contribution is 5.28. The van der Waals surface area contributed by atoms with Crippen LogP contribution in [0.1, 0.15) is 36.0 Å². The first kappa shape index (κ1) is 9.53. The van der Waals surface area contributed by atoms with Crippen LogP contribution in [0.3, 0.4) is 0 Å². The van der Waals surface area contributed by atoms with Gasteiger partial charge in [0.1, 0.15) is 17.6 Å². The number of rotatable bonds is 1. The molecular weight excluding hydrogens is 198 g/mol. The summed E-state index contributed by atoms with van der Waals surface area (Å²) in [5.41, 5.74) is 1.55. The number of hydrogen-bond donors (Lipinski definition) is 0. The lowest BCUT2D eigenvalue weighted by Gasteiger charge is -2.17. The van der Waals surface area contributed by atoms with Gasteiger partial charge < -0.3 is 0 Å². The van der Waals surface area contributed by atoms with Crippen LogP contribution in [0.2, 0.25) is 0 Å². The normalized spacial score (nSPS) is 30.6. The Hall–Kier alpha value is -1.69. The van der Waals surface area contributed by atoms with Crippen molar-refractivity contribution < 1.29 is 0 Å². The average molecular weight is 211 g/mol. The van der Waals surface area contributed by atoms with E-state index in [0.717, 1.165) is 11.6 Å². The molecule has 2 aliphatic rings. The second-order valence-corrected chi connectivity index (χ2v) is 4.72. The van der Waals surface area contributed by atoms with Crippen LogP contribution < -0.4 is 0 Å². The molecular formula is C13H13N3. The summed E-state index contributed by atoms with van der Waals surface area (Å²) in [6.45, 7) is 1.85. The van der Waals surface area contributed by atoms with Gasteiger partial charge in [0.25, 0.3) is 0 Å². The summed E-state index contributed by atoms with van der Waals surface area (Å²) < 4.78 is 0. The fourth-order valence-corrected chi connectivity index (χ4v) is 2.96. The molecule has 0 radical (unpaired) electrons. The molecule has 0 aliphatic heterocycles. The Balaban J connectivity index is 1.98. The smallest absolute Gasteiger partial charge is 0.144 e. The molecule has 2 bridgehead atoms. The van der Waals surface area contributed by atoms with E-state index in [4.69, 9.17) is 5.26 Å². The topological polar surface area (TPSA) is 49.6 Å². The van der Waals surface area contributed by atoms with Crippen LogP contribution in [0.4, 0.5) is 0 Å². The highest BCUT2D eigenvalue weighted by Gasteiger charge is 2.37. The Bertz CT molecular complexity index is 498. The lowest BCUT2D eigenvalue weighted by Crippen LogP contribution is -2.09. The molecule has 3 heteroatoms. The molecule has 0 N–H and O–H groups in total. The van der Waals surface area contributed by atoms with Gasteiger partial charge in [0.15, 0.2) is 0 Å². The van der Waals surface area contributed by atoms with Crippen LogP contribution in [0.25, 0.3) is 0 Å². The van der Waals surface area contributed by atoms with Gasteiger partial charge in [-0.3, -0.25) is 0 Å². The molecule has 80 valence electrons. The molecule has 2 aliphatic carbocycles. The van der Waals surface area contributed by atoms with E-state index in [2.05, 4.69) is 28.2 Å². The van der Waals surface area contributed by atoms with E-state index in [0.29, 0.717) is 23.4 Å². The Kier molecular flexibility index (Phi) is 2.03. The van der Waals surface area contributed by atoms with E-state index >= 15 is 0 Å². The van der Waals surface area contributed by atoms with Crippen LogP contribution in [0.15, 0.2) is 18.2 Å². The standard InChI is InChI=1S/C13H13N3/c1-8-15-11(7-14)6-13(16-8)12-5-9-2-3-10(12)4-9/h2-3,6,9-10,12H,4-5H2,1H3/t9-,10-,12+/m0/s1. The maximum atomic E-state index is 8.91. The number of aromatic nitrogens is 2. The largest absolute Gasteiger partial charge is 0.238 e. The molecule has 3 atom stereocenters. The molecule has 1 saturated carbocycles. The van der Waals surface area contributed by atoms with E-state index in [1.54, 1.807) is 0 Å². The second-order valence-electron chi connectivity index (χ2n) is 4.72. The van der Waals surface area contributed by atoms with Crippen molar-refractivity contribution in [2.75, 3.05) is 0 Å². The third kappa shape index (κ3) is 1.42. The van der Waals surface area contributed by atoms with Crippen molar-refractivity contribution in [3.05, 3.63) is 35.4 Å². The average Bonchev–Trinajstić information content (AvgIpc) is 2.89. The monoisotopic (exact) mass is 211 g/mol. The number of aryl methyl sites for hydroxylation is 1. The van der Waals surface area contributed by atoms with Gasteiger partial charge in [-0.25, -0.2) is 9.97 Å². The van der Waals surface area contributed by atoms with E-state index < -0.39 is 0 Å². The molecule has 0 unspecified atom stereocenters. The predicted molar refractivity (Wildman–Crippen MR) is 59.6 cm³/mol. The van der Waals surface area contributed by atoms with Gasteiger partial charge >= 0.3 is 0 Å². The number of fused-ring (bicyclic) bond motifs is 2. The molecule has 0 spiro atoms. The Morgan fingerprint density at radius 2 is 2.19 bits per heavy atom. The molecule has 1 aromatic rings. The maximum absolute atomic E-state index is 8.91. The van der Waals surface area contributed by atoms with Gasteiger partial charge in [-0.2, -0.15) is 5.26 Å². The Morgan fingerprint density at radius 1 is 1.31 bits per heavy atom. The summed E-state index contributed by atoms with van der Waals surface area (Å²) in [6, 6.07) is 3.96. The first-order valence-electron chi connectivity index (χ1n) is 5.70. The third-order valence-corrected chi connectivity index (χ3v) is 3.63. The van der Waals surface area contributed by atoms with Gasteiger partial charge in [-0.1, -0.05) is 12.2 Å². The van der Waals surface area contributed by atoms with Crippen molar-refractivity contribution in [1.29, 1.82) is 5.26 Å². The van der Waals surface area contributed by atoms with Crippen molar-refractivity contribution in [3.8, 4) is 6.07 Å². The fourth-order valence-electron chi connectivity index (χ4n) is 2.96. The van der Waals surface area contributed by atoms with Crippen LogP contribution >= 0.6 is 0 Å². The number of allylic oxidation sites excluding steroid dienone is 2. The van der Waals surface area contributed by atoms with E-state index in [9.17, 15) is 0 Å². The molecule has 1 fully saturated rings. The first-order valence-corrected chi connectivity index (χ1v) is 5.70. The molecule has 3 rings (SSSR count). The maximum Gasteiger partial charge on any atom is 0.144 e. The highest BCUT2D eigenvalue weighted by Crippen LogP contribution is 2.48. The van der Waals surface area contributed by atoms with E-state index in [1.165, 1.54) is 12.8 Å². The summed E-state index contributed by atoms with van der Waals surface area (Å²) in [4.78, 5) is 8.58. The lowest BCUT2D eigenvalue weighted by molar-refractivity contribution is 0.566. The van der Waals surface area contributed by atoms with Gasteiger partial charge in [0.2, 0.25) is 0 Å². The zero-order valence-electron chi connectivity index (χ0n) is 9.22. The van der Waals surface area contributed by atoms with Crippen molar-refractivity contribution in [1.82, 2.24) is 9.97 Å². The van der Waals surface area contributed by atoms with Crippen LogP contribution in [-0.2, 0) is 0 Å². The molecule has 0 amide bonds. The molecule has 1 aromatic heterocycles. The summed E-state index contributed by atoms with van der Waals surface area (Å²) in [6.07, 6.45) is 7.07. The van der Waals surface area contributed by atoms with Gasteiger partial charge in [-0.05, 0) is 37.7 Å². The minimum atomic E-state index is 0.495. The van der Waals surface area contributed by atoms with Gasteiger partial charge in [0.05, 0.1) is 0 Å². The molecule has 16 heavy (non-hydrogen) atoms. The van der Waals surface area contributed by atoms with Gasteiger partial charge in [0, 0.05) is 11.6 Å². The summed E-state index contributed by atoms with van der Waals surface area (Å²) in [5, 5.41) is 8.91. The van der Waals surface area contributed by atoms with Crippen molar-refractivity contribution in [2.45, 2.75) is 25.7 Å². The summed E-state index contributed by atoms with van der Waals surface area (Å²) >= 11 is 0. The second kappa shape index (κ2) is 3.41. The molecule has 1 heterocycles. The number of hydrogen-bond acceptors (Lipinski definition) is 3. The Labute approximate surface area is 94.8 Å². The van der Waals surface area contributed by atoms with Crippen LogP contribution in [0.5, 0.6) is 0 Å². The van der Waals surface area contributed by atoms with Crippen molar-refractivity contribution in [3.63, 3.8) is 0 Å². The summed E-state index contributed by atoms with van der Waals surface area (Å²) in [7, 11) is 0. The molecule has 0 aromatic carbocycles. The molecule has 3 nitrogen and oxygen atoms in total. The van der Waals surface area contributed by atoms with Crippen molar-refractivity contribution in [2.24, 2.45) is 11.8 Å². The molecule has 0 saturated heterocycles. The van der Waals surface area contributed by atoms with Crippen LogP contribution in [0, 0.1) is 30.1 Å². The minimum Gasteiger partial charge on any atom is -0.238 e. The zero-order valence-corrected chi connectivity index (χ0v) is 9.22. The fraction of sp³-hybridized carbons (Fsp3) is 0.462. The first-order chi connectivity index (χ1) is 7.76. The predicted octanol–water partition coefficient (Wildman–Crippen LogP) is 2.34. The van der Waals surface area contributed by atoms with Gasteiger partial charge in [-0.15, -0.1) is 0 Å². The van der Waals surface area contributed by atoms with E-state index in [1.807, 2.05) is 13.0 Å². The van der Waals surface area contributed by atoms with Crippen molar-refractivity contribution >= 4 is 0 Å². The zero-order chi connectivity index (χ0) is 11.1. The number of nitriles is 1. The highest BCUT2D eigenvalue weighted by atomic mass is 14.9.